The topological polar surface area (TPSA) is 75.4 Å². The van der Waals surface area contributed by atoms with Crippen LogP contribution >= 0.6 is 0 Å². The zero-order chi connectivity index (χ0) is 24.1. The molecular weight excluding hydrogens is 426 g/mol. The molecule has 2 heterocycles. The third-order valence-corrected chi connectivity index (χ3v) is 6.84. The van der Waals surface area contributed by atoms with Gasteiger partial charge in [0, 0.05) is 43.4 Å². The lowest BCUT2D eigenvalue weighted by atomic mass is 9.96. The quantitative estimate of drug-likeness (QED) is 0.549. The molecule has 0 spiro atoms. The average molecular weight is 460 g/mol. The second-order valence-electron chi connectivity index (χ2n) is 9.39. The van der Waals surface area contributed by atoms with Crippen LogP contribution in [0.2, 0.25) is 0 Å². The normalized spacial score (nSPS) is 14.8. The molecule has 1 aliphatic carbocycles. The van der Waals surface area contributed by atoms with Crippen molar-refractivity contribution in [2.45, 2.75) is 51.7 Å². The molecule has 0 radical (unpaired) electrons. The summed E-state index contributed by atoms with van der Waals surface area (Å²) < 4.78 is 2.10. The first-order valence-electron chi connectivity index (χ1n) is 12.0. The van der Waals surface area contributed by atoms with E-state index in [9.17, 15) is 14.7 Å². The molecule has 6 heteroatoms. The van der Waals surface area contributed by atoms with Crippen LogP contribution in [-0.4, -0.2) is 39.1 Å². The van der Waals surface area contributed by atoms with Crippen molar-refractivity contribution >= 4 is 5.91 Å². The smallest absolute Gasteiger partial charge is 0.259 e. The van der Waals surface area contributed by atoms with E-state index in [0.29, 0.717) is 18.9 Å². The minimum atomic E-state index is -0.823. The number of pyridine rings is 2. The average Bonchev–Trinajstić information content (AvgIpc) is 3.35. The summed E-state index contributed by atoms with van der Waals surface area (Å²) in [5.41, 5.74) is 3.37. The maximum atomic E-state index is 13.6. The fraction of sp³-hybridized carbons (Fsp3) is 0.393. The standard InChI is InChI=1S/C28H33N3O3/c1-20-15-25(32)27(28(34)30(2)19-26(33)23-12-4-3-5-13-23)24(16-21-9-6-7-10-21)31(20)18-22-11-8-14-29-17-22/h3-5,8,11-15,17,21,26,33H,6-7,9-10,16,18-19H2,1-2H3/t26-/m1/s1. The number of carbonyl (C=O) groups excluding carboxylic acids is 1. The molecule has 1 atom stereocenters. The second kappa shape index (κ2) is 10.8. The molecule has 0 unspecified atom stereocenters. The van der Waals surface area contributed by atoms with Gasteiger partial charge < -0.3 is 14.6 Å². The van der Waals surface area contributed by atoms with E-state index in [1.807, 2.05) is 55.6 Å². The van der Waals surface area contributed by atoms with Gasteiger partial charge in [0.2, 0.25) is 0 Å². The maximum Gasteiger partial charge on any atom is 0.259 e. The number of rotatable bonds is 8. The Balaban J connectivity index is 1.70. The molecule has 1 fully saturated rings. The van der Waals surface area contributed by atoms with Crippen LogP contribution in [0, 0.1) is 12.8 Å². The lowest BCUT2D eigenvalue weighted by Crippen LogP contribution is -2.37. The van der Waals surface area contributed by atoms with Gasteiger partial charge in [-0.15, -0.1) is 0 Å². The van der Waals surface area contributed by atoms with Crippen molar-refractivity contribution < 1.29 is 9.90 Å². The molecule has 1 N–H and O–H groups in total. The van der Waals surface area contributed by atoms with Crippen LogP contribution in [0.3, 0.4) is 0 Å². The number of hydrogen-bond donors (Lipinski definition) is 1. The fourth-order valence-corrected chi connectivity index (χ4v) is 4.97. The molecule has 4 rings (SSSR count). The minimum Gasteiger partial charge on any atom is -0.387 e. The number of nitrogens with zero attached hydrogens (tertiary/aromatic N) is 3. The number of aromatic nitrogens is 2. The molecule has 6 nitrogen and oxygen atoms in total. The second-order valence-corrected chi connectivity index (χ2v) is 9.39. The van der Waals surface area contributed by atoms with Crippen molar-refractivity contribution in [1.82, 2.24) is 14.5 Å². The van der Waals surface area contributed by atoms with Crippen LogP contribution in [-0.2, 0) is 13.0 Å². The van der Waals surface area contributed by atoms with E-state index in [0.717, 1.165) is 35.4 Å². The van der Waals surface area contributed by atoms with Crippen LogP contribution in [0.4, 0.5) is 0 Å². The van der Waals surface area contributed by atoms with E-state index in [-0.39, 0.29) is 23.4 Å². The van der Waals surface area contributed by atoms with E-state index < -0.39 is 6.10 Å². The number of likely N-dealkylation sites (N-methyl/N-ethyl adjacent to an activating group) is 1. The first kappa shape index (κ1) is 23.9. The van der Waals surface area contributed by atoms with Crippen LogP contribution < -0.4 is 5.43 Å². The molecule has 0 saturated heterocycles. The van der Waals surface area contributed by atoms with E-state index >= 15 is 0 Å². The molecule has 34 heavy (non-hydrogen) atoms. The van der Waals surface area contributed by atoms with Gasteiger partial charge in [-0.25, -0.2) is 0 Å². The van der Waals surface area contributed by atoms with Gasteiger partial charge in [-0.1, -0.05) is 62.1 Å². The lowest BCUT2D eigenvalue weighted by Gasteiger charge is -2.26. The Kier molecular flexibility index (Phi) is 7.58. The molecule has 1 amide bonds. The fourth-order valence-electron chi connectivity index (χ4n) is 4.97. The summed E-state index contributed by atoms with van der Waals surface area (Å²) in [7, 11) is 1.65. The molecule has 0 aliphatic heterocycles. The summed E-state index contributed by atoms with van der Waals surface area (Å²) in [4.78, 5) is 32.5. The van der Waals surface area contributed by atoms with E-state index in [1.54, 1.807) is 19.3 Å². The molecular formula is C28H33N3O3. The van der Waals surface area contributed by atoms with Crippen molar-refractivity contribution in [2.24, 2.45) is 5.92 Å². The predicted octanol–water partition coefficient (Wildman–Crippen LogP) is 4.14. The van der Waals surface area contributed by atoms with E-state index in [1.165, 1.54) is 17.7 Å². The van der Waals surface area contributed by atoms with Crippen LogP contribution in [0.1, 0.15) is 64.7 Å². The molecule has 3 aromatic rings. The maximum absolute atomic E-state index is 13.6. The van der Waals surface area contributed by atoms with E-state index in [2.05, 4.69) is 9.55 Å². The lowest BCUT2D eigenvalue weighted by molar-refractivity contribution is 0.0677. The number of amides is 1. The zero-order valence-corrected chi connectivity index (χ0v) is 20.0. The highest BCUT2D eigenvalue weighted by atomic mass is 16.3. The highest BCUT2D eigenvalue weighted by molar-refractivity contribution is 5.95. The summed E-state index contributed by atoms with van der Waals surface area (Å²) in [6.45, 7) is 2.59. The SMILES string of the molecule is Cc1cc(=O)c(C(=O)N(C)C[C@@H](O)c2ccccc2)c(CC2CCCC2)n1Cc1cccnc1. The van der Waals surface area contributed by atoms with Crippen molar-refractivity contribution in [3.05, 3.63) is 99.2 Å². The van der Waals surface area contributed by atoms with E-state index in [4.69, 9.17) is 0 Å². The summed E-state index contributed by atoms with van der Waals surface area (Å²) in [6.07, 6.45) is 8.05. The minimum absolute atomic E-state index is 0.113. The zero-order valence-electron chi connectivity index (χ0n) is 20.0. The monoisotopic (exact) mass is 459 g/mol. The Labute approximate surface area is 200 Å². The first-order chi connectivity index (χ1) is 16.4. The number of aliphatic hydroxyl groups excluding tert-OH is 1. The third-order valence-electron chi connectivity index (χ3n) is 6.84. The number of benzene rings is 1. The van der Waals surface area contributed by atoms with Gasteiger partial charge in [-0.05, 0) is 36.5 Å². The van der Waals surface area contributed by atoms with Gasteiger partial charge >= 0.3 is 0 Å². The van der Waals surface area contributed by atoms with Gasteiger partial charge in [0.05, 0.1) is 12.6 Å². The largest absolute Gasteiger partial charge is 0.387 e. The first-order valence-corrected chi connectivity index (χ1v) is 12.0. The molecule has 1 saturated carbocycles. The highest BCUT2D eigenvalue weighted by Crippen LogP contribution is 2.29. The van der Waals surface area contributed by atoms with Crippen LogP contribution in [0.25, 0.3) is 0 Å². The summed E-state index contributed by atoms with van der Waals surface area (Å²) in [6, 6.07) is 14.7. The Morgan fingerprint density at radius 2 is 1.91 bits per heavy atom. The summed E-state index contributed by atoms with van der Waals surface area (Å²) in [5.74, 6) is 0.126. The molecule has 178 valence electrons. The number of aryl methyl sites for hydroxylation is 1. The Morgan fingerprint density at radius 3 is 2.59 bits per heavy atom. The van der Waals surface area contributed by atoms with Gasteiger partial charge in [0.1, 0.15) is 5.56 Å². The third kappa shape index (κ3) is 5.45. The number of hydrogen-bond acceptors (Lipinski definition) is 4. The van der Waals surface area contributed by atoms with Gasteiger partial charge in [0.15, 0.2) is 5.43 Å². The Hall–Kier alpha value is -3.25. The van der Waals surface area contributed by atoms with Crippen molar-refractivity contribution in [3.8, 4) is 0 Å². The van der Waals surface area contributed by atoms with Crippen molar-refractivity contribution in [3.63, 3.8) is 0 Å². The Morgan fingerprint density at radius 1 is 1.18 bits per heavy atom. The van der Waals surface area contributed by atoms with Gasteiger partial charge in [0.25, 0.3) is 5.91 Å². The number of aliphatic hydroxyl groups is 1. The molecule has 0 bridgehead atoms. The highest BCUT2D eigenvalue weighted by Gasteiger charge is 2.27. The van der Waals surface area contributed by atoms with Crippen LogP contribution in [0.5, 0.6) is 0 Å². The van der Waals surface area contributed by atoms with Gasteiger partial charge in [-0.2, -0.15) is 0 Å². The van der Waals surface area contributed by atoms with Crippen molar-refractivity contribution in [2.75, 3.05) is 13.6 Å². The van der Waals surface area contributed by atoms with Gasteiger partial charge in [-0.3, -0.25) is 14.6 Å². The summed E-state index contributed by atoms with van der Waals surface area (Å²) in [5, 5.41) is 10.7. The van der Waals surface area contributed by atoms with Crippen LogP contribution in [0.15, 0.2) is 65.7 Å². The molecule has 2 aromatic heterocycles. The Bertz CT molecular complexity index is 1170. The molecule has 1 aliphatic rings. The summed E-state index contributed by atoms with van der Waals surface area (Å²) >= 11 is 0. The molecule has 1 aromatic carbocycles. The predicted molar refractivity (Wildman–Crippen MR) is 133 cm³/mol. The number of carbonyl (C=O) groups is 1. The van der Waals surface area contributed by atoms with Crippen molar-refractivity contribution in [1.29, 1.82) is 0 Å².